The molecule has 0 atom stereocenters. The fourth-order valence-corrected chi connectivity index (χ4v) is 2.60. The van der Waals surface area contributed by atoms with E-state index < -0.39 is 0 Å². The Labute approximate surface area is 109 Å². The van der Waals surface area contributed by atoms with Crippen LogP contribution in [0.15, 0.2) is 30.3 Å². The van der Waals surface area contributed by atoms with E-state index in [2.05, 4.69) is 52.0 Å². The monoisotopic (exact) mass is 235 g/mol. The van der Waals surface area contributed by atoms with Crippen molar-refractivity contribution in [3.63, 3.8) is 0 Å². The third kappa shape index (κ3) is 2.28. The van der Waals surface area contributed by atoms with Gasteiger partial charge in [0, 0.05) is 0 Å². The number of benzene rings is 2. The molecule has 0 aromatic heterocycles. The quantitative estimate of drug-likeness (QED) is 0.716. The summed E-state index contributed by atoms with van der Waals surface area (Å²) in [5.74, 6) is 0. The molecule has 0 aliphatic rings. The maximum Gasteiger partial charge on any atom is 0.0991 e. The summed E-state index contributed by atoms with van der Waals surface area (Å²) < 4.78 is 0. The average molecular weight is 235 g/mol. The average Bonchev–Trinajstić information content (AvgIpc) is 2.26. The summed E-state index contributed by atoms with van der Waals surface area (Å²) in [5, 5.41) is 8.99. The Morgan fingerprint density at radius 1 is 0.778 bits per heavy atom. The van der Waals surface area contributed by atoms with Crippen molar-refractivity contribution in [2.24, 2.45) is 0 Å². The van der Waals surface area contributed by atoms with Crippen molar-refractivity contribution < 1.29 is 0 Å². The molecule has 0 aliphatic carbocycles. The number of rotatable bonds is 1. The first-order valence-corrected chi connectivity index (χ1v) is 6.11. The van der Waals surface area contributed by atoms with E-state index in [1.54, 1.807) is 0 Å². The number of aryl methyl sites for hydroxylation is 4. The summed E-state index contributed by atoms with van der Waals surface area (Å²) in [4.78, 5) is 0. The standard InChI is InChI=1S/C17H17N/c1-11-5-12(2)7-16(6-11)17-13(3)8-15(10-18)9-14(17)4/h5-9H,1-4H3. The summed E-state index contributed by atoms with van der Waals surface area (Å²) in [6, 6.07) is 12.7. The first-order chi connectivity index (χ1) is 8.51. The van der Waals surface area contributed by atoms with Crippen LogP contribution in [-0.2, 0) is 0 Å². The van der Waals surface area contributed by atoms with Gasteiger partial charge in [-0.1, -0.05) is 29.3 Å². The molecular formula is C17H17N. The Balaban J connectivity index is 2.68. The van der Waals surface area contributed by atoms with Crippen LogP contribution in [0.1, 0.15) is 27.8 Å². The minimum absolute atomic E-state index is 0.734. The molecule has 0 unspecified atom stereocenters. The van der Waals surface area contributed by atoms with Crippen molar-refractivity contribution in [3.8, 4) is 17.2 Å². The second-order valence-corrected chi connectivity index (χ2v) is 4.97. The lowest BCUT2D eigenvalue weighted by Crippen LogP contribution is -1.92. The number of hydrogen-bond donors (Lipinski definition) is 0. The summed E-state index contributed by atoms with van der Waals surface area (Å²) in [7, 11) is 0. The van der Waals surface area contributed by atoms with Gasteiger partial charge < -0.3 is 0 Å². The molecule has 2 aromatic carbocycles. The van der Waals surface area contributed by atoms with Crippen LogP contribution in [-0.4, -0.2) is 0 Å². The van der Waals surface area contributed by atoms with Gasteiger partial charge in [-0.2, -0.15) is 5.26 Å². The molecule has 0 radical (unpaired) electrons. The second kappa shape index (κ2) is 4.66. The predicted molar refractivity (Wildman–Crippen MR) is 75.5 cm³/mol. The third-order valence-electron chi connectivity index (χ3n) is 3.17. The Bertz CT molecular complexity index is 602. The highest BCUT2D eigenvalue weighted by Gasteiger charge is 2.08. The van der Waals surface area contributed by atoms with E-state index in [-0.39, 0.29) is 0 Å². The highest BCUT2D eigenvalue weighted by molar-refractivity contribution is 5.73. The fraction of sp³-hybridized carbons (Fsp3) is 0.235. The molecule has 0 saturated carbocycles. The fourth-order valence-electron chi connectivity index (χ4n) is 2.60. The zero-order valence-electron chi connectivity index (χ0n) is 11.3. The van der Waals surface area contributed by atoms with Crippen LogP contribution >= 0.6 is 0 Å². The number of nitrogens with zero attached hydrogens (tertiary/aromatic N) is 1. The predicted octanol–water partition coefficient (Wildman–Crippen LogP) is 4.46. The van der Waals surface area contributed by atoms with Gasteiger partial charge in [-0.05, 0) is 62.1 Å². The summed E-state index contributed by atoms with van der Waals surface area (Å²) in [6.45, 7) is 8.37. The molecule has 1 heteroatoms. The van der Waals surface area contributed by atoms with Crippen molar-refractivity contribution >= 4 is 0 Å². The van der Waals surface area contributed by atoms with Crippen LogP contribution in [0.3, 0.4) is 0 Å². The maximum absolute atomic E-state index is 8.99. The molecule has 18 heavy (non-hydrogen) atoms. The van der Waals surface area contributed by atoms with Crippen LogP contribution in [0, 0.1) is 39.0 Å². The molecule has 0 bridgehead atoms. The summed E-state index contributed by atoms with van der Waals surface area (Å²) >= 11 is 0. The van der Waals surface area contributed by atoms with Crippen molar-refractivity contribution in [2.45, 2.75) is 27.7 Å². The molecule has 1 nitrogen and oxygen atoms in total. The van der Waals surface area contributed by atoms with E-state index in [0.29, 0.717) is 0 Å². The van der Waals surface area contributed by atoms with Crippen LogP contribution < -0.4 is 0 Å². The molecule has 0 saturated heterocycles. The minimum Gasteiger partial charge on any atom is -0.192 e. The molecule has 0 N–H and O–H groups in total. The van der Waals surface area contributed by atoms with E-state index in [9.17, 15) is 0 Å². The Morgan fingerprint density at radius 2 is 1.28 bits per heavy atom. The van der Waals surface area contributed by atoms with Gasteiger partial charge in [0.2, 0.25) is 0 Å². The second-order valence-electron chi connectivity index (χ2n) is 4.97. The topological polar surface area (TPSA) is 23.8 Å². The van der Waals surface area contributed by atoms with Gasteiger partial charge in [0.05, 0.1) is 11.6 Å². The maximum atomic E-state index is 8.99. The smallest absolute Gasteiger partial charge is 0.0991 e. The van der Waals surface area contributed by atoms with E-state index in [1.807, 2.05) is 12.1 Å². The number of nitriles is 1. The van der Waals surface area contributed by atoms with Crippen molar-refractivity contribution in [2.75, 3.05) is 0 Å². The summed E-state index contributed by atoms with van der Waals surface area (Å²) in [6.07, 6.45) is 0. The van der Waals surface area contributed by atoms with E-state index in [1.165, 1.54) is 22.3 Å². The largest absolute Gasteiger partial charge is 0.192 e. The van der Waals surface area contributed by atoms with E-state index >= 15 is 0 Å². The Kier molecular flexibility index (Phi) is 3.21. The first kappa shape index (κ1) is 12.4. The normalized spacial score (nSPS) is 10.2. The van der Waals surface area contributed by atoms with Crippen molar-refractivity contribution in [1.29, 1.82) is 5.26 Å². The van der Waals surface area contributed by atoms with Crippen molar-refractivity contribution in [3.05, 3.63) is 58.1 Å². The Hall–Kier alpha value is -2.07. The SMILES string of the molecule is Cc1cc(C)cc(-c2c(C)cc(C#N)cc2C)c1. The zero-order chi connectivity index (χ0) is 13.3. The van der Waals surface area contributed by atoms with E-state index in [0.717, 1.165) is 16.7 Å². The van der Waals surface area contributed by atoms with Gasteiger partial charge in [0.1, 0.15) is 0 Å². The molecule has 0 fully saturated rings. The molecule has 2 aromatic rings. The number of hydrogen-bond acceptors (Lipinski definition) is 1. The molecule has 90 valence electrons. The lowest BCUT2D eigenvalue weighted by Gasteiger charge is -2.12. The Morgan fingerprint density at radius 3 is 1.72 bits per heavy atom. The lowest BCUT2D eigenvalue weighted by atomic mass is 9.92. The molecule has 0 spiro atoms. The minimum atomic E-state index is 0.734. The third-order valence-corrected chi connectivity index (χ3v) is 3.17. The van der Waals surface area contributed by atoms with Gasteiger partial charge >= 0.3 is 0 Å². The first-order valence-electron chi connectivity index (χ1n) is 6.11. The molecule has 2 rings (SSSR count). The van der Waals surface area contributed by atoms with Gasteiger partial charge in [-0.25, -0.2) is 0 Å². The van der Waals surface area contributed by atoms with Crippen molar-refractivity contribution in [1.82, 2.24) is 0 Å². The molecule has 0 heterocycles. The van der Waals surface area contributed by atoms with Crippen LogP contribution in [0.25, 0.3) is 11.1 Å². The highest BCUT2D eigenvalue weighted by atomic mass is 14.2. The van der Waals surface area contributed by atoms with Gasteiger partial charge in [-0.3, -0.25) is 0 Å². The van der Waals surface area contributed by atoms with Crippen LogP contribution in [0.2, 0.25) is 0 Å². The summed E-state index contributed by atoms with van der Waals surface area (Å²) in [5.41, 5.74) is 8.10. The van der Waals surface area contributed by atoms with Gasteiger partial charge in [-0.15, -0.1) is 0 Å². The van der Waals surface area contributed by atoms with Crippen LogP contribution in [0.5, 0.6) is 0 Å². The van der Waals surface area contributed by atoms with E-state index in [4.69, 9.17) is 5.26 Å². The molecule has 0 amide bonds. The molecular weight excluding hydrogens is 218 g/mol. The van der Waals surface area contributed by atoms with Crippen LogP contribution in [0.4, 0.5) is 0 Å². The highest BCUT2D eigenvalue weighted by Crippen LogP contribution is 2.29. The zero-order valence-corrected chi connectivity index (χ0v) is 11.3. The molecule has 0 aliphatic heterocycles. The van der Waals surface area contributed by atoms with Gasteiger partial charge in [0.25, 0.3) is 0 Å². The van der Waals surface area contributed by atoms with Gasteiger partial charge in [0.15, 0.2) is 0 Å². The lowest BCUT2D eigenvalue weighted by molar-refractivity contribution is 1.33.